The summed E-state index contributed by atoms with van der Waals surface area (Å²) >= 11 is 0. The number of aliphatic carboxylic acids is 1. The van der Waals surface area contributed by atoms with E-state index in [1.807, 2.05) is 44.2 Å². The van der Waals surface area contributed by atoms with Crippen LogP contribution in [0.25, 0.3) is 0 Å². The minimum atomic E-state index is -1.04. The number of hydrogen-bond donors (Lipinski definition) is 3. The molecule has 0 radical (unpaired) electrons. The minimum absolute atomic E-state index is 0.00447. The molecule has 116 valence electrons. The first-order valence-electron chi connectivity index (χ1n) is 7.15. The number of amides is 2. The molecule has 1 rings (SSSR count). The molecule has 0 saturated carbocycles. The van der Waals surface area contributed by atoms with E-state index in [9.17, 15) is 14.7 Å². The summed E-state index contributed by atoms with van der Waals surface area (Å²) < 4.78 is 0. The number of hydrogen-bond acceptors (Lipinski definition) is 2. The molecule has 0 heterocycles. The first kappa shape index (κ1) is 17.0. The van der Waals surface area contributed by atoms with Crippen molar-refractivity contribution in [1.82, 2.24) is 10.6 Å². The van der Waals surface area contributed by atoms with E-state index in [0.717, 1.165) is 12.0 Å². The lowest BCUT2D eigenvalue weighted by Gasteiger charge is -2.23. The Labute approximate surface area is 125 Å². The SMILES string of the molecule is CCC(C)(C)CNC(=O)N[C@@H](Cc1ccccc1)C(=O)O. The lowest BCUT2D eigenvalue weighted by Crippen LogP contribution is -2.48. The third kappa shape index (κ3) is 6.29. The Morgan fingerprint density at radius 2 is 1.86 bits per heavy atom. The van der Waals surface area contributed by atoms with Gasteiger partial charge in [-0.1, -0.05) is 51.1 Å². The second kappa shape index (κ2) is 7.67. The van der Waals surface area contributed by atoms with Crippen molar-refractivity contribution in [1.29, 1.82) is 0 Å². The maximum atomic E-state index is 11.8. The number of carbonyl (C=O) groups excluding carboxylic acids is 1. The minimum Gasteiger partial charge on any atom is -0.480 e. The fourth-order valence-corrected chi connectivity index (χ4v) is 1.70. The van der Waals surface area contributed by atoms with Gasteiger partial charge in [0.15, 0.2) is 0 Å². The molecule has 1 aromatic carbocycles. The summed E-state index contributed by atoms with van der Waals surface area (Å²) in [6, 6.07) is 7.87. The average molecular weight is 292 g/mol. The van der Waals surface area contributed by atoms with E-state index in [0.29, 0.717) is 6.54 Å². The highest BCUT2D eigenvalue weighted by molar-refractivity contribution is 5.82. The van der Waals surface area contributed by atoms with Gasteiger partial charge >= 0.3 is 12.0 Å². The zero-order valence-corrected chi connectivity index (χ0v) is 12.8. The van der Waals surface area contributed by atoms with Crippen LogP contribution < -0.4 is 10.6 Å². The van der Waals surface area contributed by atoms with Crippen molar-refractivity contribution in [3.8, 4) is 0 Å². The van der Waals surface area contributed by atoms with Crippen LogP contribution in [-0.4, -0.2) is 29.7 Å². The van der Waals surface area contributed by atoms with Gasteiger partial charge in [0, 0.05) is 13.0 Å². The molecule has 0 aromatic heterocycles. The topological polar surface area (TPSA) is 78.4 Å². The first-order valence-corrected chi connectivity index (χ1v) is 7.15. The summed E-state index contributed by atoms with van der Waals surface area (Å²) in [4.78, 5) is 23.1. The second-order valence-corrected chi connectivity index (χ2v) is 5.93. The van der Waals surface area contributed by atoms with Crippen molar-refractivity contribution in [3.63, 3.8) is 0 Å². The molecule has 3 N–H and O–H groups in total. The van der Waals surface area contributed by atoms with E-state index in [1.165, 1.54) is 0 Å². The smallest absolute Gasteiger partial charge is 0.326 e. The van der Waals surface area contributed by atoms with Gasteiger partial charge in [0.25, 0.3) is 0 Å². The number of benzene rings is 1. The van der Waals surface area contributed by atoms with Crippen LogP contribution in [0.15, 0.2) is 30.3 Å². The Balaban J connectivity index is 2.55. The van der Waals surface area contributed by atoms with E-state index in [-0.39, 0.29) is 11.8 Å². The molecule has 0 aliphatic carbocycles. The molecule has 1 aromatic rings. The molecule has 0 unspecified atom stereocenters. The van der Waals surface area contributed by atoms with Crippen LogP contribution in [0.3, 0.4) is 0 Å². The number of carboxylic acids is 1. The fourth-order valence-electron chi connectivity index (χ4n) is 1.70. The molecule has 0 fully saturated rings. The molecular formula is C16H24N2O3. The number of nitrogens with one attached hydrogen (secondary N) is 2. The maximum Gasteiger partial charge on any atom is 0.326 e. The third-order valence-electron chi connectivity index (χ3n) is 3.57. The van der Waals surface area contributed by atoms with Crippen molar-refractivity contribution in [2.24, 2.45) is 5.41 Å². The molecule has 21 heavy (non-hydrogen) atoms. The lowest BCUT2D eigenvalue weighted by atomic mass is 9.90. The van der Waals surface area contributed by atoms with Gasteiger partial charge in [-0.05, 0) is 17.4 Å². The van der Waals surface area contributed by atoms with Crippen molar-refractivity contribution in [2.75, 3.05) is 6.54 Å². The highest BCUT2D eigenvalue weighted by Gasteiger charge is 2.22. The van der Waals surface area contributed by atoms with Crippen LogP contribution in [0.5, 0.6) is 0 Å². The van der Waals surface area contributed by atoms with Gasteiger partial charge in [-0.15, -0.1) is 0 Å². The van der Waals surface area contributed by atoms with Crippen LogP contribution in [0, 0.1) is 5.41 Å². The Hall–Kier alpha value is -2.04. The molecule has 2 amide bonds. The summed E-state index contributed by atoms with van der Waals surface area (Å²) in [6.45, 7) is 6.65. The highest BCUT2D eigenvalue weighted by Crippen LogP contribution is 2.17. The van der Waals surface area contributed by atoms with Crippen molar-refractivity contribution in [3.05, 3.63) is 35.9 Å². The molecule has 0 bridgehead atoms. The molecule has 0 spiro atoms. The Morgan fingerprint density at radius 3 is 2.38 bits per heavy atom. The number of carbonyl (C=O) groups is 2. The molecule has 5 nitrogen and oxygen atoms in total. The normalized spacial score (nSPS) is 12.5. The lowest BCUT2D eigenvalue weighted by molar-refractivity contribution is -0.139. The van der Waals surface area contributed by atoms with E-state index in [1.54, 1.807) is 0 Å². The van der Waals surface area contributed by atoms with Gasteiger partial charge in [0.2, 0.25) is 0 Å². The standard InChI is InChI=1S/C16H24N2O3/c1-4-16(2,3)11-17-15(21)18-13(14(19)20)10-12-8-6-5-7-9-12/h5-9,13H,4,10-11H2,1-3H3,(H,19,20)(H2,17,18,21)/t13-/m0/s1. The molecule has 0 saturated heterocycles. The van der Waals surface area contributed by atoms with Gasteiger partial charge in [0.1, 0.15) is 6.04 Å². The quantitative estimate of drug-likeness (QED) is 0.722. The van der Waals surface area contributed by atoms with E-state index >= 15 is 0 Å². The number of urea groups is 1. The Morgan fingerprint density at radius 1 is 1.24 bits per heavy atom. The molecule has 0 aliphatic rings. The van der Waals surface area contributed by atoms with Crippen molar-refractivity contribution in [2.45, 2.75) is 39.7 Å². The highest BCUT2D eigenvalue weighted by atomic mass is 16.4. The molecular weight excluding hydrogens is 268 g/mol. The molecule has 1 atom stereocenters. The van der Waals surface area contributed by atoms with E-state index in [4.69, 9.17) is 0 Å². The summed E-state index contributed by atoms with van der Waals surface area (Å²) in [7, 11) is 0. The van der Waals surface area contributed by atoms with Gasteiger partial charge in [-0.25, -0.2) is 9.59 Å². The zero-order valence-electron chi connectivity index (χ0n) is 12.8. The fraction of sp³-hybridized carbons (Fsp3) is 0.500. The van der Waals surface area contributed by atoms with Gasteiger partial charge in [-0.2, -0.15) is 0 Å². The summed E-state index contributed by atoms with van der Waals surface area (Å²) in [5, 5.41) is 14.5. The van der Waals surface area contributed by atoms with Crippen LogP contribution in [-0.2, 0) is 11.2 Å². The van der Waals surface area contributed by atoms with Crippen molar-refractivity contribution >= 4 is 12.0 Å². The second-order valence-electron chi connectivity index (χ2n) is 5.93. The maximum absolute atomic E-state index is 11.8. The van der Waals surface area contributed by atoms with Crippen LogP contribution >= 0.6 is 0 Å². The van der Waals surface area contributed by atoms with Crippen LogP contribution in [0.4, 0.5) is 4.79 Å². The van der Waals surface area contributed by atoms with Gasteiger partial charge in [-0.3, -0.25) is 0 Å². The zero-order chi connectivity index (χ0) is 15.9. The molecule has 5 heteroatoms. The van der Waals surface area contributed by atoms with Crippen LogP contribution in [0.1, 0.15) is 32.8 Å². The predicted octanol–water partition coefficient (Wildman–Crippen LogP) is 2.42. The molecule has 0 aliphatic heterocycles. The van der Waals surface area contributed by atoms with Crippen LogP contribution in [0.2, 0.25) is 0 Å². The predicted molar refractivity (Wildman–Crippen MR) is 82.2 cm³/mol. The monoisotopic (exact) mass is 292 g/mol. The summed E-state index contributed by atoms with van der Waals surface area (Å²) in [5.41, 5.74) is 0.870. The number of rotatable bonds is 7. The Kier molecular flexibility index (Phi) is 6.21. The number of carboxylic acid groups (broad SMARTS) is 1. The average Bonchev–Trinajstić information content (AvgIpc) is 2.45. The summed E-state index contributed by atoms with van der Waals surface area (Å²) in [6.07, 6.45) is 1.19. The first-order chi connectivity index (χ1) is 9.84. The van der Waals surface area contributed by atoms with Gasteiger partial charge in [0.05, 0.1) is 0 Å². The van der Waals surface area contributed by atoms with Gasteiger partial charge < -0.3 is 15.7 Å². The Bertz CT molecular complexity index is 472. The van der Waals surface area contributed by atoms with E-state index in [2.05, 4.69) is 17.6 Å². The van der Waals surface area contributed by atoms with E-state index < -0.39 is 18.0 Å². The summed E-state index contributed by atoms with van der Waals surface area (Å²) in [5.74, 6) is -1.04. The largest absolute Gasteiger partial charge is 0.480 e. The third-order valence-corrected chi connectivity index (χ3v) is 3.57. The van der Waals surface area contributed by atoms with Crippen molar-refractivity contribution < 1.29 is 14.7 Å².